The van der Waals surface area contributed by atoms with Crippen molar-refractivity contribution < 1.29 is 10.0 Å². The number of nitrogens with zero attached hydrogens (tertiary/aromatic N) is 4. The largest absolute Gasteiger partial charge is 0.409 e. The number of amides is 1. The smallest absolute Gasteiger partial charge is 0.272 e. The van der Waals surface area contributed by atoms with Gasteiger partial charge >= 0.3 is 0 Å². The Kier molecular flexibility index (Phi) is 4.74. The van der Waals surface area contributed by atoms with Gasteiger partial charge in [0.2, 0.25) is 0 Å². The number of amidine groups is 1. The molecule has 1 aliphatic heterocycles. The number of pyridine rings is 1. The molecule has 3 N–H and O–H groups in total. The summed E-state index contributed by atoms with van der Waals surface area (Å²) >= 11 is 0. The normalized spacial score (nSPS) is 17.7. The molecule has 1 saturated heterocycles. The molecule has 1 aliphatic rings. The molecule has 1 amide bonds. The molecule has 7 nitrogen and oxygen atoms in total. The number of nitrogens with two attached hydrogens (primary N) is 1. The van der Waals surface area contributed by atoms with Gasteiger partial charge in [-0.15, -0.1) is 0 Å². The minimum absolute atomic E-state index is 0.0230. The van der Waals surface area contributed by atoms with Gasteiger partial charge in [0.15, 0.2) is 5.84 Å². The number of hydrogen-bond donors (Lipinski definition) is 2. The van der Waals surface area contributed by atoms with Crippen LogP contribution in [-0.2, 0) is 0 Å². The highest BCUT2D eigenvalue weighted by molar-refractivity contribution is 5.98. The average molecular weight is 291 g/mol. The Morgan fingerprint density at radius 3 is 2.67 bits per heavy atom. The molecule has 0 saturated carbocycles. The summed E-state index contributed by atoms with van der Waals surface area (Å²) < 4.78 is 0. The van der Waals surface area contributed by atoms with Gasteiger partial charge in [0, 0.05) is 24.8 Å². The maximum absolute atomic E-state index is 12.4. The third kappa shape index (κ3) is 3.49. The molecule has 0 bridgehead atoms. The van der Waals surface area contributed by atoms with E-state index in [2.05, 4.69) is 22.1 Å². The number of oxime groups is 1. The summed E-state index contributed by atoms with van der Waals surface area (Å²) in [6.45, 7) is 2.00. The van der Waals surface area contributed by atoms with Crippen molar-refractivity contribution in [3.05, 3.63) is 29.6 Å². The van der Waals surface area contributed by atoms with Crippen molar-refractivity contribution >= 4 is 11.7 Å². The lowest BCUT2D eigenvalue weighted by molar-refractivity contribution is 0.0654. The summed E-state index contributed by atoms with van der Waals surface area (Å²) in [5.74, 6) is -0.124. The Balaban J connectivity index is 2.05. The van der Waals surface area contributed by atoms with Gasteiger partial charge in [-0.25, -0.2) is 0 Å². The molecule has 0 aromatic carbocycles. The third-order valence-electron chi connectivity index (χ3n) is 3.94. The number of hydrogen-bond acceptors (Lipinski definition) is 5. The molecule has 0 atom stereocenters. The van der Waals surface area contributed by atoms with E-state index in [-0.39, 0.29) is 17.8 Å². The van der Waals surface area contributed by atoms with Crippen LogP contribution in [0.5, 0.6) is 0 Å². The van der Waals surface area contributed by atoms with Crippen LogP contribution in [0.2, 0.25) is 0 Å². The molecule has 1 aromatic heterocycles. The van der Waals surface area contributed by atoms with Crippen molar-refractivity contribution in [2.24, 2.45) is 10.9 Å². The number of likely N-dealkylation sites (tertiary alicyclic amines) is 1. The average Bonchev–Trinajstić information content (AvgIpc) is 2.53. The van der Waals surface area contributed by atoms with E-state index in [0.717, 1.165) is 25.9 Å². The fraction of sp³-hybridized carbons (Fsp3) is 0.500. The van der Waals surface area contributed by atoms with Crippen molar-refractivity contribution in [1.82, 2.24) is 14.8 Å². The van der Waals surface area contributed by atoms with E-state index in [4.69, 9.17) is 10.9 Å². The molecule has 0 aliphatic carbocycles. The molecule has 0 spiro atoms. The molecule has 1 aromatic rings. The van der Waals surface area contributed by atoms with Crippen molar-refractivity contribution in [3.8, 4) is 0 Å². The van der Waals surface area contributed by atoms with E-state index in [0.29, 0.717) is 11.3 Å². The summed E-state index contributed by atoms with van der Waals surface area (Å²) in [7, 11) is 3.91. The van der Waals surface area contributed by atoms with Crippen LogP contribution in [0, 0.1) is 0 Å². The second-order valence-electron chi connectivity index (χ2n) is 5.37. The van der Waals surface area contributed by atoms with Crippen molar-refractivity contribution in [2.45, 2.75) is 18.9 Å². The van der Waals surface area contributed by atoms with Crippen LogP contribution in [0.3, 0.4) is 0 Å². The molecule has 1 fully saturated rings. The Labute approximate surface area is 124 Å². The standard InChI is InChI=1S/C14H21N5O2/c1-18-7-5-11(6-8-18)19(2)14(20)12-4-3-10(9-16-12)13(15)17-21/h3-4,9,11,21H,5-8H2,1-2H3,(H2,15,17). The van der Waals surface area contributed by atoms with E-state index in [9.17, 15) is 4.79 Å². The van der Waals surface area contributed by atoms with Crippen molar-refractivity contribution in [3.63, 3.8) is 0 Å². The predicted octanol–water partition coefficient (Wildman–Crippen LogP) is 0.342. The van der Waals surface area contributed by atoms with Crippen LogP contribution < -0.4 is 5.73 Å². The zero-order valence-electron chi connectivity index (χ0n) is 12.4. The molecule has 7 heteroatoms. The minimum atomic E-state index is -0.101. The maximum atomic E-state index is 12.4. The van der Waals surface area contributed by atoms with Crippen LogP contribution in [0.4, 0.5) is 0 Å². The van der Waals surface area contributed by atoms with E-state index in [1.54, 1.807) is 17.0 Å². The van der Waals surface area contributed by atoms with Gasteiger partial charge in [-0.3, -0.25) is 9.78 Å². The quantitative estimate of drug-likeness (QED) is 0.362. The van der Waals surface area contributed by atoms with Crippen LogP contribution >= 0.6 is 0 Å². The summed E-state index contributed by atoms with van der Waals surface area (Å²) in [5.41, 5.74) is 6.32. The number of aromatic nitrogens is 1. The zero-order chi connectivity index (χ0) is 15.4. The highest BCUT2D eigenvalue weighted by Crippen LogP contribution is 2.16. The van der Waals surface area contributed by atoms with E-state index < -0.39 is 0 Å². The summed E-state index contributed by atoms with van der Waals surface area (Å²) in [4.78, 5) is 20.5. The van der Waals surface area contributed by atoms with Crippen LogP contribution in [0.15, 0.2) is 23.5 Å². The monoisotopic (exact) mass is 291 g/mol. The fourth-order valence-electron chi connectivity index (χ4n) is 2.46. The molecule has 2 rings (SSSR count). The molecule has 2 heterocycles. The SMILES string of the molecule is CN1CCC(N(C)C(=O)c2ccc(C(N)=NO)cn2)CC1. The fourth-order valence-corrected chi connectivity index (χ4v) is 2.46. The summed E-state index contributed by atoms with van der Waals surface area (Å²) in [6.07, 6.45) is 3.38. The molecular weight excluding hydrogens is 270 g/mol. The molecular formula is C14H21N5O2. The lowest BCUT2D eigenvalue weighted by Crippen LogP contribution is -2.44. The minimum Gasteiger partial charge on any atom is -0.409 e. The Morgan fingerprint density at radius 1 is 1.48 bits per heavy atom. The lowest BCUT2D eigenvalue weighted by Gasteiger charge is -2.34. The van der Waals surface area contributed by atoms with Crippen molar-refractivity contribution in [1.29, 1.82) is 0 Å². The molecule has 0 unspecified atom stereocenters. The summed E-state index contributed by atoms with van der Waals surface area (Å²) in [5, 5.41) is 11.5. The van der Waals surface area contributed by atoms with Gasteiger partial charge in [-0.2, -0.15) is 0 Å². The van der Waals surface area contributed by atoms with Gasteiger partial charge in [0.25, 0.3) is 5.91 Å². The zero-order valence-corrected chi connectivity index (χ0v) is 12.4. The topological polar surface area (TPSA) is 95.0 Å². The second-order valence-corrected chi connectivity index (χ2v) is 5.37. The predicted molar refractivity (Wildman–Crippen MR) is 79.4 cm³/mol. The Hall–Kier alpha value is -2.15. The van der Waals surface area contributed by atoms with Gasteiger partial charge < -0.3 is 20.7 Å². The summed E-state index contributed by atoms with van der Waals surface area (Å²) in [6, 6.07) is 3.47. The lowest BCUT2D eigenvalue weighted by atomic mass is 10.0. The number of piperidine rings is 1. The number of rotatable bonds is 3. The van der Waals surface area contributed by atoms with E-state index >= 15 is 0 Å². The van der Waals surface area contributed by atoms with Gasteiger partial charge in [0.1, 0.15) is 5.69 Å². The Bertz CT molecular complexity index is 521. The van der Waals surface area contributed by atoms with E-state index in [1.165, 1.54) is 6.20 Å². The van der Waals surface area contributed by atoms with E-state index in [1.807, 2.05) is 7.05 Å². The number of carbonyl (C=O) groups excluding carboxylic acids is 1. The molecule has 0 radical (unpaired) electrons. The van der Waals surface area contributed by atoms with Gasteiger partial charge in [-0.1, -0.05) is 5.16 Å². The third-order valence-corrected chi connectivity index (χ3v) is 3.94. The van der Waals surface area contributed by atoms with Crippen LogP contribution in [0.25, 0.3) is 0 Å². The van der Waals surface area contributed by atoms with Gasteiger partial charge in [-0.05, 0) is 45.1 Å². The molecule has 21 heavy (non-hydrogen) atoms. The highest BCUT2D eigenvalue weighted by atomic mass is 16.4. The highest BCUT2D eigenvalue weighted by Gasteiger charge is 2.25. The first kappa shape index (κ1) is 15.2. The molecule has 114 valence electrons. The second kappa shape index (κ2) is 6.53. The first-order chi connectivity index (χ1) is 10.0. The first-order valence-corrected chi connectivity index (χ1v) is 6.92. The van der Waals surface area contributed by atoms with Crippen LogP contribution in [0.1, 0.15) is 28.9 Å². The van der Waals surface area contributed by atoms with Crippen molar-refractivity contribution in [2.75, 3.05) is 27.2 Å². The first-order valence-electron chi connectivity index (χ1n) is 6.92. The Morgan fingerprint density at radius 2 is 2.14 bits per heavy atom. The maximum Gasteiger partial charge on any atom is 0.272 e. The number of carbonyl (C=O) groups is 1. The van der Waals surface area contributed by atoms with Crippen LogP contribution in [-0.4, -0.2) is 65.0 Å². The van der Waals surface area contributed by atoms with Gasteiger partial charge in [0.05, 0.1) is 0 Å².